The fourth-order valence-electron chi connectivity index (χ4n) is 2.01. The van der Waals surface area contributed by atoms with Gasteiger partial charge in [-0.1, -0.05) is 6.07 Å². The number of aromatic amines is 1. The highest BCUT2D eigenvalue weighted by Gasteiger charge is 2.20. The van der Waals surface area contributed by atoms with E-state index in [0.29, 0.717) is 5.52 Å². The SMILES string of the molecule is O=C(CCOCC(F)F)c1c[nH]c2cccc([N+](=O)[O-])c12. The fraction of sp³-hybridized carbons (Fsp3) is 0.308. The van der Waals surface area contributed by atoms with E-state index in [0.717, 1.165) is 0 Å². The van der Waals surface area contributed by atoms with E-state index in [1.165, 1.54) is 18.3 Å². The fourth-order valence-corrected chi connectivity index (χ4v) is 2.01. The molecule has 0 aliphatic carbocycles. The van der Waals surface area contributed by atoms with Gasteiger partial charge in [-0.2, -0.15) is 0 Å². The van der Waals surface area contributed by atoms with Crippen LogP contribution in [0.1, 0.15) is 16.8 Å². The number of hydrogen-bond donors (Lipinski definition) is 1. The van der Waals surface area contributed by atoms with E-state index in [-0.39, 0.29) is 29.7 Å². The summed E-state index contributed by atoms with van der Waals surface area (Å²) in [5.74, 6) is -0.398. The zero-order chi connectivity index (χ0) is 15.4. The summed E-state index contributed by atoms with van der Waals surface area (Å²) in [5, 5.41) is 11.2. The van der Waals surface area contributed by atoms with Crippen LogP contribution in [-0.4, -0.2) is 35.3 Å². The third-order valence-corrected chi connectivity index (χ3v) is 2.90. The first-order valence-electron chi connectivity index (χ1n) is 6.14. The van der Waals surface area contributed by atoms with Gasteiger partial charge in [-0.3, -0.25) is 14.9 Å². The molecule has 21 heavy (non-hydrogen) atoms. The summed E-state index contributed by atoms with van der Waals surface area (Å²) in [5.41, 5.74) is 0.463. The second-order valence-corrected chi connectivity index (χ2v) is 4.30. The molecule has 2 rings (SSSR count). The number of fused-ring (bicyclic) bond motifs is 1. The maximum atomic E-state index is 12.0. The zero-order valence-electron chi connectivity index (χ0n) is 10.8. The van der Waals surface area contributed by atoms with Crippen molar-refractivity contribution in [3.05, 3.63) is 40.1 Å². The number of nitrogens with one attached hydrogen (secondary N) is 1. The maximum absolute atomic E-state index is 12.0. The lowest BCUT2D eigenvalue weighted by atomic mass is 10.1. The average molecular weight is 298 g/mol. The number of carbonyl (C=O) groups is 1. The van der Waals surface area contributed by atoms with Gasteiger partial charge < -0.3 is 9.72 Å². The molecule has 1 N–H and O–H groups in total. The van der Waals surface area contributed by atoms with Gasteiger partial charge in [0.25, 0.3) is 12.1 Å². The minimum Gasteiger partial charge on any atom is -0.375 e. The van der Waals surface area contributed by atoms with Crippen LogP contribution in [0, 0.1) is 10.1 Å². The Bertz CT molecular complexity index is 669. The number of non-ortho nitro benzene ring substituents is 1. The normalized spacial score (nSPS) is 11.2. The summed E-state index contributed by atoms with van der Waals surface area (Å²) in [7, 11) is 0. The molecule has 1 aromatic heterocycles. The van der Waals surface area contributed by atoms with Gasteiger partial charge in [0.1, 0.15) is 6.61 Å². The van der Waals surface area contributed by atoms with Crippen molar-refractivity contribution in [1.29, 1.82) is 0 Å². The van der Waals surface area contributed by atoms with Gasteiger partial charge in [0, 0.05) is 24.2 Å². The predicted molar refractivity (Wildman–Crippen MR) is 70.7 cm³/mol. The van der Waals surface area contributed by atoms with E-state index in [2.05, 4.69) is 9.72 Å². The first-order chi connectivity index (χ1) is 10.0. The Morgan fingerprint density at radius 3 is 2.86 bits per heavy atom. The minimum atomic E-state index is -2.59. The molecule has 0 aliphatic heterocycles. The number of ether oxygens (including phenoxy) is 1. The molecule has 112 valence electrons. The van der Waals surface area contributed by atoms with Crippen LogP contribution >= 0.6 is 0 Å². The van der Waals surface area contributed by atoms with Gasteiger partial charge in [0.05, 0.1) is 22.4 Å². The lowest BCUT2D eigenvalue weighted by molar-refractivity contribution is -0.383. The number of nitro benzene ring substituents is 1. The zero-order valence-corrected chi connectivity index (χ0v) is 10.8. The number of Topliss-reactive ketones (excluding diaryl/α,β-unsaturated/α-hetero) is 1. The van der Waals surface area contributed by atoms with Crippen LogP contribution in [0.25, 0.3) is 10.9 Å². The number of nitro groups is 1. The molecule has 0 aliphatic rings. The van der Waals surface area contributed by atoms with Gasteiger partial charge in [-0.05, 0) is 6.07 Å². The smallest absolute Gasteiger partial charge is 0.279 e. The molecule has 0 saturated heterocycles. The first-order valence-corrected chi connectivity index (χ1v) is 6.14. The summed E-state index contributed by atoms with van der Waals surface area (Å²) in [6.07, 6.45) is -1.33. The molecular weight excluding hydrogens is 286 g/mol. The van der Waals surface area contributed by atoms with Gasteiger partial charge in [0.15, 0.2) is 5.78 Å². The van der Waals surface area contributed by atoms with Gasteiger partial charge in [-0.25, -0.2) is 8.78 Å². The van der Waals surface area contributed by atoms with Gasteiger partial charge in [-0.15, -0.1) is 0 Å². The molecule has 0 saturated carbocycles. The summed E-state index contributed by atoms with van der Waals surface area (Å²) >= 11 is 0. The predicted octanol–water partition coefficient (Wildman–Crippen LogP) is 2.93. The highest BCUT2D eigenvalue weighted by molar-refractivity contribution is 6.10. The van der Waals surface area contributed by atoms with Crippen molar-refractivity contribution in [3.63, 3.8) is 0 Å². The van der Waals surface area contributed by atoms with Crippen LogP contribution in [-0.2, 0) is 4.74 Å². The summed E-state index contributed by atoms with van der Waals surface area (Å²) in [6, 6.07) is 4.43. The van der Waals surface area contributed by atoms with Crippen molar-refractivity contribution in [3.8, 4) is 0 Å². The Morgan fingerprint density at radius 2 is 2.19 bits per heavy atom. The molecule has 2 aromatic rings. The largest absolute Gasteiger partial charge is 0.375 e. The van der Waals surface area contributed by atoms with Crippen LogP contribution in [0.2, 0.25) is 0 Å². The molecule has 1 aromatic carbocycles. The Kier molecular flexibility index (Phi) is 4.59. The second kappa shape index (κ2) is 6.40. The Balaban J connectivity index is 2.18. The van der Waals surface area contributed by atoms with Crippen LogP contribution in [0.3, 0.4) is 0 Å². The van der Waals surface area contributed by atoms with Crippen LogP contribution in [0.15, 0.2) is 24.4 Å². The van der Waals surface area contributed by atoms with E-state index < -0.39 is 23.7 Å². The van der Waals surface area contributed by atoms with Crippen molar-refractivity contribution < 1.29 is 23.2 Å². The molecular formula is C13H12F2N2O4. The number of ketones is 1. The molecule has 8 heteroatoms. The van der Waals surface area contributed by atoms with Crippen molar-refractivity contribution >= 4 is 22.4 Å². The number of carbonyl (C=O) groups excluding carboxylic acids is 1. The number of hydrogen-bond acceptors (Lipinski definition) is 4. The molecule has 1 heterocycles. The highest BCUT2D eigenvalue weighted by Crippen LogP contribution is 2.29. The second-order valence-electron chi connectivity index (χ2n) is 4.30. The lowest BCUT2D eigenvalue weighted by Crippen LogP contribution is -2.09. The highest BCUT2D eigenvalue weighted by atomic mass is 19.3. The van der Waals surface area contributed by atoms with E-state index in [1.54, 1.807) is 6.07 Å². The number of alkyl halides is 2. The Hall–Kier alpha value is -2.35. The molecule has 0 amide bonds. The van der Waals surface area contributed by atoms with Gasteiger partial charge in [0.2, 0.25) is 0 Å². The number of H-pyrrole nitrogens is 1. The average Bonchev–Trinajstić information content (AvgIpc) is 2.86. The van der Waals surface area contributed by atoms with E-state index >= 15 is 0 Å². The molecule has 0 unspecified atom stereocenters. The number of halogens is 2. The van der Waals surface area contributed by atoms with Crippen LogP contribution in [0.5, 0.6) is 0 Å². The van der Waals surface area contributed by atoms with E-state index in [1.807, 2.05) is 0 Å². The van der Waals surface area contributed by atoms with Crippen molar-refractivity contribution in [1.82, 2.24) is 4.98 Å². The number of aromatic nitrogens is 1. The lowest BCUT2D eigenvalue weighted by Gasteiger charge is -2.03. The topological polar surface area (TPSA) is 85.2 Å². The molecule has 0 spiro atoms. The standard InChI is InChI=1S/C13H12F2N2O4/c14-12(15)7-21-5-4-11(18)8-6-16-9-2-1-3-10(13(8)9)17(19)20/h1-3,6,12,16H,4-5,7H2. The first kappa shape index (κ1) is 15.0. The summed E-state index contributed by atoms with van der Waals surface area (Å²) < 4.78 is 28.4. The third kappa shape index (κ3) is 3.40. The molecule has 0 atom stereocenters. The summed E-state index contributed by atoms with van der Waals surface area (Å²) in [6.45, 7) is -0.891. The third-order valence-electron chi connectivity index (χ3n) is 2.90. The monoisotopic (exact) mass is 298 g/mol. The molecule has 0 fully saturated rings. The Morgan fingerprint density at radius 1 is 1.43 bits per heavy atom. The molecule has 6 nitrogen and oxygen atoms in total. The van der Waals surface area contributed by atoms with Crippen molar-refractivity contribution in [2.45, 2.75) is 12.8 Å². The van der Waals surface area contributed by atoms with Crippen molar-refractivity contribution in [2.75, 3.05) is 13.2 Å². The Labute approximate surface area is 117 Å². The van der Waals surface area contributed by atoms with E-state index in [9.17, 15) is 23.7 Å². The van der Waals surface area contributed by atoms with E-state index in [4.69, 9.17) is 0 Å². The maximum Gasteiger partial charge on any atom is 0.279 e. The number of benzene rings is 1. The summed E-state index contributed by atoms with van der Waals surface area (Å²) in [4.78, 5) is 25.2. The number of nitrogens with zero attached hydrogens (tertiary/aromatic N) is 1. The quantitative estimate of drug-likeness (QED) is 0.368. The van der Waals surface area contributed by atoms with Gasteiger partial charge >= 0.3 is 0 Å². The molecule has 0 radical (unpaired) electrons. The van der Waals surface area contributed by atoms with Crippen molar-refractivity contribution in [2.24, 2.45) is 0 Å². The number of rotatable bonds is 7. The molecule has 0 bridgehead atoms. The van der Waals surface area contributed by atoms with Crippen LogP contribution < -0.4 is 0 Å². The van der Waals surface area contributed by atoms with Crippen LogP contribution in [0.4, 0.5) is 14.5 Å². The minimum absolute atomic E-state index is 0.119.